The van der Waals surface area contributed by atoms with Gasteiger partial charge in [-0.1, -0.05) is 26.0 Å². The van der Waals surface area contributed by atoms with Crippen molar-refractivity contribution in [2.75, 3.05) is 0 Å². The second-order valence-electron chi connectivity index (χ2n) is 5.75. The third kappa shape index (κ3) is 2.71. The van der Waals surface area contributed by atoms with Gasteiger partial charge in [-0.25, -0.2) is 9.97 Å². The lowest BCUT2D eigenvalue weighted by Gasteiger charge is -1.92. The molecule has 2 heterocycles. The molecule has 0 saturated carbocycles. The zero-order valence-corrected chi connectivity index (χ0v) is 13.7. The highest BCUT2D eigenvalue weighted by Gasteiger charge is 2.06. The normalized spacial score (nSPS) is 11.9. The number of hydrogen-bond donors (Lipinski definition) is 0. The lowest BCUT2D eigenvalue weighted by molar-refractivity contribution is 0.583. The van der Waals surface area contributed by atoms with E-state index in [0.717, 1.165) is 35.0 Å². The lowest BCUT2D eigenvalue weighted by atomic mass is 10.1. The Kier molecular flexibility index (Phi) is 3.65. The molecule has 4 nitrogen and oxygen atoms in total. The molecular formula is C20H18N2O2. The van der Waals surface area contributed by atoms with E-state index in [-0.39, 0.29) is 0 Å². The molecule has 0 radical (unpaired) electrons. The summed E-state index contributed by atoms with van der Waals surface area (Å²) in [4.78, 5) is 8.99. The average molecular weight is 318 g/mol. The van der Waals surface area contributed by atoms with Crippen LogP contribution in [0.25, 0.3) is 34.4 Å². The van der Waals surface area contributed by atoms with Crippen LogP contribution in [0.1, 0.15) is 36.8 Å². The maximum absolute atomic E-state index is 5.73. The van der Waals surface area contributed by atoms with Gasteiger partial charge in [-0.3, -0.25) is 0 Å². The molecule has 0 bridgehead atoms. The number of oxazole rings is 2. The zero-order valence-electron chi connectivity index (χ0n) is 13.7. The van der Waals surface area contributed by atoms with Crippen LogP contribution in [0.15, 0.2) is 45.2 Å². The fourth-order valence-electron chi connectivity index (χ4n) is 2.71. The summed E-state index contributed by atoms with van der Waals surface area (Å²) in [6.45, 7) is 4.25. The molecule has 2 aromatic carbocycles. The molecule has 0 N–H and O–H groups in total. The molecule has 0 saturated heterocycles. The molecule has 4 rings (SSSR count). The van der Waals surface area contributed by atoms with E-state index in [2.05, 4.69) is 48.1 Å². The van der Waals surface area contributed by atoms with Crippen LogP contribution in [-0.4, -0.2) is 9.97 Å². The Hall–Kier alpha value is -2.88. The lowest BCUT2D eigenvalue weighted by Crippen LogP contribution is -1.78. The topological polar surface area (TPSA) is 52.1 Å². The van der Waals surface area contributed by atoms with Gasteiger partial charge in [0.1, 0.15) is 11.0 Å². The van der Waals surface area contributed by atoms with Crippen LogP contribution in [0.3, 0.4) is 0 Å². The number of hydrogen-bond acceptors (Lipinski definition) is 4. The molecule has 0 spiro atoms. The summed E-state index contributed by atoms with van der Waals surface area (Å²) < 4.78 is 11.5. The SMILES string of the molecule is CCc1ccc2oc(/C=C/c3nc4cc(CC)ccc4o3)nc2c1. The van der Waals surface area contributed by atoms with E-state index >= 15 is 0 Å². The van der Waals surface area contributed by atoms with Crippen molar-refractivity contribution in [1.29, 1.82) is 0 Å². The van der Waals surface area contributed by atoms with Crippen LogP contribution in [0, 0.1) is 0 Å². The Morgan fingerprint density at radius 1 is 0.750 bits per heavy atom. The molecule has 0 atom stereocenters. The Labute approximate surface area is 139 Å². The van der Waals surface area contributed by atoms with Gasteiger partial charge in [0.25, 0.3) is 0 Å². The first-order valence-corrected chi connectivity index (χ1v) is 8.22. The van der Waals surface area contributed by atoms with Gasteiger partial charge in [-0.15, -0.1) is 0 Å². The van der Waals surface area contributed by atoms with Crippen LogP contribution in [-0.2, 0) is 12.8 Å². The van der Waals surface area contributed by atoms with Crippen molar-refractivity contribution in [3.05, 3.63) is 59.3 Å². The first-order chi connectivity index (χ1) is 11.7. The Balaban J connectivity index is 1.64. The minimum Gasteiger partial charge on any atom is -0.437 e. The van der Waals surface area contributed by atoms with Crippen LogP contribution in [0.4, 0.5) is 0 Å². The highest BCUT2D eigenvalue weighted by atomic mass is 16.4. The summed E-state index contributed by atoms with van der Waals surface area (Å²) in [5.74, 6) is 1.10. The van der Waals surface area contributed by atoms with E-state index in [1.54, 1.807) is 12.2 Å². The highest BCUT2D eigenvalue weighted by Crippen LogP contribution is 2.21. The van der Waals surface area contributed by atoms with Gasteiger partial charge in [0.15, 0.2) is 11.2 Å². The van der Waals surface area contributed by atoms with Crippen molar-refractivity contribution in [1.82, 2.24) is 9.97 Å². The predicted molar refractivity (Wildman–Crippen MR) is 95.7 cm³/mol. The summed E-state index contributed by atoms with van der Waals surface area (Å²) in [7, 11) is 0. The fourth-order valence-corrected chi connectivity index (χ4v) is 2.71. The van der Waals surface area contributed by atoms with E-state index in [4.69, 9.17) is 8.83 Å². The molecule has 2 aromatic heterocycles. The summed E-state index contributed by atoms with van der Waals surface area (Å²) in [5, 5.41) is 0. The van der Waals surface area contributed by atoms with E-state index in [1.165, 1.54) is 11.1 Å². The van der Waals surface area contributed by atoms with E-state index in [1.807, 2.05) is 12.1 Å². The highest BCUT2D eigenvalue weighted by molar-refractivity contribution is 5.78. The van der Waals surface area contributed by atoms with Gasteiger partial charge in [-0.2, -0.15) is 0 Å². The maximum Gasteiger partial charge on any atom is 0.220 e. The molecule has 0 unspecified atom stereocenters. The first kappa shape index (κ1) is 14.7. The summed E-state index contributed by atoms with van der Waals surface area (Å²) in [5.41, 5.74) is 5.82. The first-order valence-electron chi connectivity index (χ1n) is 8.22. The Morgan fingerprint density at radius 2 is 1.21 bits per heavy atom. The van der Waals surface area contributed by atoms with E-state index in [9.17, 15) is 0 Å². The largest absolute Gasteiger partial charge is 0.437 e. The number of fused-ring (bicyclic) bond motifs is 2. The maximum atomic E-state index is 5.73. The number of aromatic nitrogens is 2. The minimum atomic E-state index is 0.551. The van der Waals surface area contributed by atoms with Crippen LogP contribution in [0.5, 0.6) is 0 Å². The molecule has 0 aliphatic carbocycles. The third-order valence-corrected chi connectivity index (χ3v) is 4.12. The molecular weight excluding hydrogens is 300 g/mol. The number of aryl methyl sites for hydroxylation is 2. The third-order valence-electron chi connectivity index (χ3n) is 4.12. The predicted octanol–water partition coefficient (Wildman–Crippen LogP) is 5.26. The monoisotopic (exact) mass is 318 g/mol. The fraction of sp³-hybridized carbons (Fsp3) is 0.200. The molecule has 0 fully saturated rings. The van der Waals surface area contributed by atoms with Gasteiger partial charge >= 0.3 is 0 Å². The minimum absolute atomic E-state index is 0.551. The molecule has 24 heavy (non-hydrogen) atoms. The van der Waals surface area contributed by atoms with Crippen molar-refractivity contribution >= 4 is 34.4 Å². The summed E-state index contributed by atoms with van der Waals surface area (Å²) in [6, 6.07) is 12.2. The van der Waals surface area contributed by atoms with E-state index in [0.29, 0.717) is 11.8 Å². The van der Waals surface area contributed by atoms with Crippen molar-refractivity contribution in [3.8, 4) is 0 Å². The van der Waals surface area contributed by atoms with Crippen LogP contribution in [0.2, 0.25) is 0 Å². The van der Waals surface area contributed by atoms with Gasteiger partial charge in [0, 0.05) is 12.2 Å². The molecule has 0 aliphatic rings. The quantitative estimate of drug-likeness (QED) is 0.515. The van der Waals surface area contributed by atoms with Crippen LogP contribution >= 0.6 is 0 Å². The second-order valence-corrected chi connectivity index (χ2v) is 5.75. The average Bonchev–Trinajstić information content (AvgIpc) is 3.21. The van der Waals surface area contributed by atoms with Crippen molar-refractivity contribution in [2.45, 2.75) is 26.7 Å². The second kappa shape index (κ2) is 5.96. The molecule has 0 aliphatic heterocycles. The van der Waals surface area contributed by atoms with Crippen molar-refractivity contribution < 1.29 is 8.83 Å². The molecule has 4 aromatic rings. The number of rotatable bonds is 4. The molecule has 120 valence electrons. The summed E-state index contributed by atoms with van der Waals surface area (Å²) in [6.07, 6.45) is 5.54. The van der Waals surface area contributed by atoms with Gasteiger partial charge in [-0.05, 0) is 48.2 Å². The van der Waals surface area contributed by atoms with Crippen molar-refractivity contribution in [2.24, 2.45) is 0 Å². The Bertz CT molecular complexity index is 956. The van der Waals surface area contributed by atoms with Gasteiger partial charge in [0.2, 0.25) is 11.8 Å². The van der Waals surface area contributed by atoms with Crippen LogP contribution < -0.4 is 0 Å². The Morgan fingerprint density at radius 3 is 1.62 bits per heavy atom. The summed E-state index contributed by atoms with van der Waals surface area (Å²) >= 11 is 0. The van der Waals surface area contributed by atoms with Gasteiger partial charge in [0.05, 0.1) is 0 Å². The number of nitrogens with zero attached hydrogens (tertiary/aromatic N) is 2. The van der Waals surface area contributed by atoms with Gasteiger partial charge < -0.3 is 8.83 Å². The standard InChI is InChI=1S/C20H18N2O2/c1-3-13-5-7-17-15(11-13)21-19(23-17)9-10-20-22-16-12-14(4-2)6-8-18(16)24-20/h5-12H,3-4H2,1-2H3/b10-9+. The molecule has 0 amide bonds. The number of benzene rings is 2. The zero-order chi connectivity index (χ0) is 16.5. The van der Waals surface area contributed by atoms with Crippen molar-refractivity contribution in [3.63, 3.8) is 0 Å². The van der Waals surface area contributed by atoms with E-state index < -0.39 is 0 Å². The molecule has 4 heteroatoms. The smallest absolute Gasteiger partial charge is 0.220 e.